The Hall–Kier alpha value is -0.0800. The quantitative estimate of drug-likeness (QED) is 0.810. The van der Waals surface area contributed by atoms with Crippen LogP contribution in [0.15, 0.2) is 0 Å². The van der Waals surface area contributed by atoms with Gasteiger partial charge < -0.3 is 10.2 Å². The van der Waals surface area contributed by atoms with E-state index in [1.165, 1.54) is 64.7 Å². The van der Waals surface area contributed by atoms with Gasteiger partial charge in [0, 0.05) is 0 Å². The molecule has 2 heteroatoms. The maximum Gasteiger partial charge on any atom is -0.00187 e. The van der Waals surface area contributed by atoms with Gasteiger partial charge >= 0.3 is 0 Å². The first-order valence-electron chi connectivity index (χ1n) is 7.63. The fourth-order valence-corrected chi connectivity index (χ4v) is 3.29. The molecule has 1 heterocycles. The van der Waals surface area contributed by atoms with Crippen molar-refractivity contribution in [3.63, 3.8) is 0 Å². The van der Waals surface area contributed by atoms with Crippen LogP contribution in [0.2, 0.25) is 0 Å². The molecular formula is C15H30N2. The maximum atomic E-state index is 3.74. The summed E-state index contributed by atoms with van der Waals surface area (Å²) in [5.74, 6) is 2.89. The van der Waals surface area contributed by atoms with Crippen LogP contribution in [-0.2, 0) is 0 Å². The van der Waals surface area contributed by atoms with E-state index in [1.807, 2.05) is 0 Å². The molecule has 2 fully saturated rings. The van der Waals surface area contributed by atoms with Crippen LogP contribution in [0.4, 0.5) is 0 Å². The molecule has 1 N–H and O–H groups in total. The highest BCUT2D eigenvalue weighted by Crippen LogP contribution is 2.27. The largest absolute Gasteiger partial charge is 0.316 e. The second kappa shape index (κ2) is 6.75. The molecule has 2 rings (SSSR count). The van der Waals surface area contributed by atoms with Crippen LogP contribution in [0.3, 0.4) is 0 Å². The minimum Gasteiger partial charge on any atom is -0.316 e. The zero-order chi connectivity index (χ0) is 12.1. The first kappa shape index (κ1) is 13.4. The Morgan fingerprint density at radius 2 is 1.41 bits per heavy atom. The van der Waals surface area contributed by atoms with Crippen LogP contribution in [0.5, 0.6) is 0 Å². The molecule has 0 amide bonds. The summed E-state index contributed by atoms with van der Waals surface area (Å²) in [6.07, 6.45) is 8.63. The van der Waals surface area contributed by atoms with Crippen molar-refractivity contribution >= 4 is 0 Å². The Morgan fingerprint density at radius 3 is 2.00 bits per heavy atom. The number of piperidine rings is 1. The lowest BCUT2D eigenvalue weighted by Crippen LogP contribution is -2.36. The van der Waals surface area contributed by atoms with Crippen molar-refractivity contribution in [1.29, 1.82) is 0 Å². The van der Waals surface area contributed by atoms with E-state index in [4.69, 9.17) is 0 Å². The lowest BCUT2D eigenvalue weighted by molar-refractivity contribution is 0.210. The molecule has 0 aromatic carbocycles. The van der Waals surface area contributed by atoms with Crippen molar-refractivity contribution in [3.05, 3.63) is 0 Å². The van der Waals surface area contributed by atoms with Crippen LogP contribution in [-0.4, -0.2) is 38.1 Å². The Morgan fingerprint density at radius 1 is 0.882 bits per heavy atom. The monoisotopic (exact) mass is 238 g/mol. The molecule has 1 saturated carbocycles. The SMILES string of the molecule is CC1CCC(CNCC2CCN(C)CC2)CC1. The summed E-state index contributed by atoms with van der Waals surface area (Å²) in [4.78, 5) is 2.46. The van der Waals surface area contributed by atoms with E-state index >= 15 is 0 Å². The minimum absolute atomic E-state index is 0.939. The molecule has 0 unspecified atom stereocenters. The number of hydrogen-bond donors (Lipinski definition) is 1. The molecule has 0 radical (unpaired) electrons. The normalized spacial score (nSPS) is 32.8. The Kier molecular flexibility index (Phi) is 5.30. The molecule has 0 atom stereocenters. The Labute approximate surface area is 107 Å². The van der Waals surface area contributed by atoms with Crippen molar-refractivity contribution in [2.24, 2.45) is 17.8 Å². The molecular weight excluding hydrogens is 208 g/mol. The third-order valence-corrected chi connectivity index (χ3v) is 4.84. The predicted molar refractivity (Wildman–Crippen MR) is 74.2 cm³/mol. The molecule has 1 aliphatic carbocycles. The summed E-state index contributed by atoms with van der Waals surface area (Å²) in [6, 6.07) is 0. The third-order valence-electron chi connectivity index (χ3n) is 4.84. The number of hydrogen-bond acceptors (Lipinski definition) is 2. The Bertz CT molecular complexity index is 179. The lowest BCUT2D eigenvalue weighted by atomic mass is 9.83. The highest BCUT2D eigenvalue weighted by Gasteiger charge is 2.19. The average Bonchev–Trinajstić information content (AvgIpc) is 2.34. The van der Waals surface area contributed by atoms with Crippen molar-refractivity contribution in [1.82, 2.24) is 10.2 Å². The molecule has 1 saturated heterocycles. The fraction of sp³-hybridized carbons (Fsp3) is 1.00. The summed E-state index contributed by atoms with van der Waals surface area (Å²) in [5, 5.41) is 3.74. The van der Waals surface area contributed by atoms with Gasteiger partial charge in [-0.05, 0) is 76.7 Å². The van der Waals surface area contributed by atoms with Crippen LogP contribution in [0.1, 0.15) is 45.4 Å². The van der Waals surface area contributed by atoms with E-state index in [0.717, 1.165) is 17.8 Å². The van der Waals surface area contributed by atoms with Gasteiger partial charge in [0.05, 0.1) is 0 Å². The van der Waals surface area contributed by atoms with E-state index in [9.17, 15) is 0 Å². The molecule has 0 spiro atoms. The van der Waals surface area contributed by atoms with Gasteiger partial charge in [0.2, 0.25) is 0 Å². The minimum atomic E-state index is 0.939. The van der Waals surface area contributed by atoms with E-state index < -0.39 is 0 Å². The second-order valence-electron chi connectivity index (χ2n) is 6.53. The van der Waals surface area contributed by atoms with Gasteiger partial charge in [0.25, 0.3) is 0 Å². The van der Waals surface area contributed by atoms with Gasteiger partial charge in [-0.25, -0.2) is 0 Å². The summed E-state index contributed by atoms with van der Waals surface area (Å²) >= 11 is 0. The highest BCUT2D eigenvalue weighted by atomic mass is 15.1. The zero-order valence-corrected chi connectivity index (χ0v) is 11.8. The van der Waals surface area contributed by atoms with E-state index in [-0.39, 0.29) is 0 Å². The van der Waals surface area contributed by atoms with Crippen LogP contribution in [0.25, 0.3) is 0 Å². The van der Waals surface area contributed by atoms with Crippen molar-refractivity contribution in [3.8, 4) is 0 Å². The van der Waals surface area contributed by atoms with Crippen LogP contribution < -0.4 is 5.32 Å². The molecule has 2 aliphatic rings. The summed E-state index contributed by atoms with van der Waals surface area (Å²) in [7, 11) is 2.24. The molecule has 0 aromatic rings. The van der Waals surface area contributed by atoms with Crippen LogP contribution >= 0.6 is 0 Å². The number of nitrogens with one attached hydrogen (secondary N) is 1. The van der Waals surface area contributed by atoms with E-state index in [0.29, 0.717) is 0 Å². The average molecular weight is 238 g/mol. The van der Waals surface area contributed by atoms with Crippen molar-refractivity contribution in [2.75, 3.05) is 33.2 Å². The van der Waals surface area contributed by atoms with Gasteiger partial charge in [-0.3, -0.25) is 0 Å². The number of nitrogens with zero attached hydrogens (tertiary/aromatic N) is 1. The molecule has 0 bridgehead atoms. The zero-order valence-electron chi connectivity index (χ0n) is 11.8. The third kappa shape index (κ3) is 4.59. The summed E-state index contributed by atoms with van der Waals surface area (Å²) in [5.41, 5.74) is 0. The topological polar surface area (TPSA) is 15.3 Å². The highest BCUT2D eigenvalue weighted by molar-refractivity contribution is 4.75. The predicted octanol–water partition coefficient (Wildman–Crippen LogP) is 2.74. The molecule has 1 aliphatic heterocycles. The summed E-state index contributed by atoms with van der Waals surface area (Å²) in [6.45, 7) is 7.54. The van der Waals surface area contributed by atoms with Crippen LogP contribution in [0, 0.1) is 17.8 Å². The van der Waals surface area contributed by atoms with Crippen molar-refractivity contribution < 1.29 is 0 Å². The molecule has 17 heavy (non-hydrogen) atoms. The smallest absolute Gasteiger partial charge is 0.00187 e. The van der Waals surface area contributed by atoms with Crippen molar-refractivity contribution in [2.45, 2.75) is 45.4 Å². The number of rotatable bonds is 4. The van der Waals surface area contributed by atoms with Gasteiger partial charge in [-0.15, -0.1) is 0 Å². The van der Waals surface area contributed by atoms with E-state index in [2.05, 4.69) is 24.2 Å². The molecule has 2 nitrogen and oxygen atoms in total. The van der Waals surface area contributed by atoms with Gasteiger partial charge in [0.15, 0.2) is 0 Å². The first-order valence-corrected chi connectivity index (χ1v) is 7.63. The first-order chi connectivity index (χ1) is 8.24. The van der Waals surface area contributed by atoms with Gasteiger partial charge in [-0.2, -0.15) is 0 Å². The summed E-state index contributed by atoms with van der Waals surface area (Å²) < 4.78 is 0. The lowest BCUT2D eigenvalue weighted by Gasteiger charge is -2.30. The fourth-order valence-electron chi connectivity index (χ4n) is 3.29. The van der Waals surface area contributed by atoms with Gasteiger partial charge in [-0.1, -0.05) is 19.8 Å². The standard InChI is InChI=1S/C15H30N2/c1-13-3-5-14(6-4-13)11-16-12-15-7-9-17(2)10-8-15/h13-16H,3-12H2,1-2H3. The van der Waals surface area contributed by atoms with Gasteiger partial charge in [0.1, 0.15) is 0 Å². The molecule has 0 aromatic heterocycles. The Balaban J connectivity index is 1.54. The van der Waals surface area contributed by atoms with E-state index in [1.54, 1.807) is 0 Å². The molecule has 100 valence electrons. The second-order valence-corrected chi connectivity index (χ2v) is 6.53. The maximum absolute atomic E-state index is 3.74. The number of likely N-dealkylation sites (tertiary alicyclic amines) is 1.